The number of fused-ring (bicyclic) bond motifs is 1. The number of halogens is 1. The Morgan fingerprint density at radius 2 is 2.30 bits per heavy atom. The molecule has 1 aliphatic heterocycles. The van der Waals surface area contributed by atoms with E-state index in [0.29, 0.717) is 13.2 Å². The molecule has 4 heterocycles. The molecular formula is C17H16BrN3O2. The van der Waals surface area contributed by atoms with Crippen molar-refractivity contribution in [2.45, 2.75) is 12.0 Å². The van der Waals surface area contributed by atoms with E-state index >= 15 is 0 Å². The lowest BCUT2D eigenvalue weighted by molar-refractivity contribution is -0.0245. The van der Waals surface area contributed by atoms with Gasteiger partial charge in [0.25, 0.3) is 0 Å². The number of H-pyrrole nitrogens is 1. The fourth-order valence-corrected chi connectivity index (χ4v) is 3.39. The van der Waals surface area contributed by atoms with Crippen LogP contribution in [0.15, 0.2) is 41.3 Å². The molecule has 3 aromatic heterocycles. The van der Waals surface area contributed by atoms with Crippen LogP contribution in [0, 0.1) is 0 Å². The lowest BCUT2D eigenvalue weighted by Crippen LogP contribution is -2.30. The second-order valence-corrected chi connectivity index (χ2v) is 6.48. The standard InChI is InChI=1S/C17H16BrN3O2/c1-22-17(5-6-23-10-17)15-4-2-3-13(21-15)12-8-19-14-9-20-16(18)7-11(12)14/h2-4,7-9,19H,5-6,10H2,1H3. The number of aromatic nitrogens is 3. The summed E-state index contributed by atoms with van der Waals surface area (Å²) in [6.45, 7) is 1.24. The molecule has 0 amide bonds. The Labute approximate surface area is 142 Å². The third-order valence-corrected chi connectivity index (χ3v) is 4.83. The summed E-state index contributed by atoms with van der Waals surface area (Å²) in [5, 5.41) is 1.09. The maximum Gasteiger partial charge on any atom is 0.135 e. The van der Waals surface area contributed by atoms with E-state index in [-0.39, 0.29) is 0 Å². The Morgan fingerprint density at radius 1 is 1.39 bits per heavy atom. The fourth-order valence-electron chi connectivity index (χ4n) is 3.06. The molecule has 1 unspecified atom stereocenters. The number of nitrogens with one attached hydrogen (secondary N) is 1. The normalized spacial score (nSPS) is 21.1. The van der Waals surface area contributed by atoms with Gasteiger partial charge in [-0.2, -0.15) is 0 Å². The van der Waals surface area contributed by atoms with E-state index in [9.17, 15) is 0 Å². The summed E-state index contributed by atoms with van der Waals surface area (Å²) in [5.41, 5.74) is 3.42. The summed E-state index contributed by atoms with van der Waals surface area (Å²) < 4.78 is 12.1. The Hall–Kier alpha value is -1.76. The van der Waals surface area contributed by atoms with Crippen molar-refractivity contribution in [1.82, 2.24) is 15.0 Å². The van der Waals surface area contributed by atoms with Gasteiger partial charge in [0, 0.05) is 37.3 Å². The van der Waals surface area contributed by atoms with Crippen LogP contribution >= 0.6 is 15.9 Å². The van der Waals surface area contributed by atoms with E-state index in [0.717, 1.165) is 38.9 Å². The van der Waals surface area contributed by atoms with Gasteiger partial charge in [0.1, 0.15) is 10.2 Å². The Morgan fingerprint density at radius 3 is 3.09 bits per heavy atom. The van der Waals surface area contributed by atoms with Crippen molar-refractivity contribution in [3.8, 4) is 11.3 Å². The first-order valence-electron chi connectivity index (χ1n) is 7.45. The van der Waals surface area contributed by atoms with E-state index < -0.39 is 5.60 Å². The van der Waals surface area contributed by atoms with Crippen molar-refractivity contribution in [1.29, 1.82) is 0 Å². The predicted molar refractivity (Wildman–Crippen MR) is 91.1 cm³/mol. The minimum absolute atomic E-state index is 0.440. The van der Waals surface area contributed by atoms with Crippen LogP contribution in [0.25, 0.3) is 22.2 Å². The van der Waals surface area contributed by atoms with Crippen LogP contribution < -0.4 is 0 Å². The van der Waals surface area contributed by atoms with Gasteiger partial charge in [-0.1, -0.05) is 6.07 Å². The van der Waals surface area contributed by atoms with Gasteiger partial charge in [0.15, 0.2) is 0 Å². The van der Waals surface area contributed by atoms with Gasteiger partial charge in [-0.3, -0.25) is 0 Å². The van der Waals surface area contributed by atoms with Crippen LogP contribution in [-0.2, 0) is 15.1 Å². The minimum Gasteiger partial charge on any atom is -0.378 e. The maximum atomic E-state index is 5.75. The maximum absolute atomic E-state index is 5.75. The summed E-state index contributed by atoms with van der Waals surface area (Å²) in [5.74, 6) is 0. The molecule has 0 saturated carbocycles. The SMILES string of the molecule is COC1(c2cccc(-c3c[nH]c4cnc(Br)cc34)n2)CCOC1. The molecule has 1 fully saturated rings. The first kappa shape index (κ1) is 14.8. The van der Waals surface area contributed by atoms with Gasteiger partial charge >= 0.3 is 0 Å². The highest BCUT2D eigenvalue weighted by Gasteiger charge is 2.38. The van der Waals surface area contributed by atoms with Gasteiger partial charge in [0.2, 0.25) is 0 Å². The lowest BCUT2D eigenvalue weighted by atomic mass is 9.97. The van der Waals surface area contributed by atoms with Gasteiger partial charge < -0.3 is 14.5 Å². The van der Waals surface area contributed by atoms with Crippen LogP contribution in [0.3, 0.4) is 0 Å². The molecule has 0 spiro atoms. The Bertz CT molecular complexity index is 856. The first-order valence-corrected chi connectivity index (χ1v) is 8.25. The zero-order valence-electron chi connectivity index (χ0n) is 12.7. The number of aromatic amines is 1. The predicted octanol–water partition coefficient (Wildman–Crippen LogP) is 3.65. The van der Waals surface area contributed by atoms with Gasteiger partial charge in [0.05, 0.1) is 29.7 Å². The van der Waals surface area contributed by atoms with Crippen molar-refractivity contribution in [2.75, 3.05) is 20.3 Å². The summed E-state index contributed by atoms with van der Waals surface area (Å²) >= 11 is 3.43. The van der Waals surface area contributed by atoms with Crippen molar-refractivity contribution in [3.63, 3.8) is 0 Å². The number of methoxy groups -OCH3 is 1. The molecule has 5 nitrogen and oxygen atoms in total. The molecule has 1 aliphatic rings. The van der Waals surface area contributed by atoms with E-state index in [1.165, 1.54) is 0 Å². The quantitative estimate of drug-likeness (QED) is 0.711. The smallest absolute Gasteiger partial charge is 0.135 e. The largest absolute Gasteiger partial charge is 0.378 e. The Balaban J connectivity index is 1.83. The Kier molecular flexibility index (Phi) is 3.67. The molecule has 1 saturated heterocycles. The second kappa shape index (κ2) is 5.70. The van der Waals surface area contributed by atoms with Gasteiger partial charge in [-0.15, -0.1) is 0 Å². The van der Waals surface area contributed by atoms with Crippen LogP contribution in [0.4, 0.5) is 0 Å². The number of pyridine rings is 2. The molecular weight excluding hydrogens is 358 g/mol. The highest BCUT2D eigenvalue weighted by Crippen LogP contribution is 2.35. The van der Waals surface area contributed by atoms with Crippen molar-refractivity contribution >= 4 is 26.8 Å². The molecule has 0 radical (unpaired) electrons. The van der Waals surface area contributed by atoms with E-state index in [1.54, 1.807) is 7.11 Å². The highest BCUT2D eigenvalue weighted by molar-refractivity contribution is 9.10. The second-order valence-electron chi connectivity index (χ2n) is 5.66. The number of hydrogen-bond acceptors (Lipinski definition) is 4. The van der Waals surface area contributed by atoms with Crippen LogP contribution in [0.1, 0.15) is 12.1 Å². The van der Waals surface area contributed by atoms with Crippen LogP contribution in [-0.4, -0.2) is 35.3 Å². The molecule has 0 aliphatic carbocycles. The third-order valence-electron chi connectivity index (χ3n) is 4.40. The summed E-state index contributed by atoms with van der Waals surface area (Å²) in [4.78, 5) is 12.4. The molecule has 118 valence electrons. The first-order chi connectivity index (χ1) is 11.2. The summed E-state index contributed by atoms with van der Waals surface area (Å²) in [6, 6.07) is 8.04. The van der Waals surface area contributed by atoms with Gasteiger partial charge in [-0.25, -0.2) is 9.97 Å². The lowest BCUT2D eigenvalue weighted by Gasteiger charge is -2.25. The molecule has 23 heavy (non-hydrogen) atoms. The number of ether oxygens (including phenoxy) is 2. The van der Waals surface area contributed by atoms with Crippen molar-refractivity contribution < 1.29 is 9.47 Å². The molecule has 1 N–H and O–H groups in total. The van der Waals surface area contributed by atoms with E-state index in [2.05, 4.69) is 25.9 Å². The monoisotopic (exact) mass is 373 g/mol. The highest BCUT2D eigenvalue weighted by atomic mass is 79.9. The van der Waals surface area contributed by atoms with E-state index in [1.807, 2.05) is 36.7 Å². The zero-order chi connectivity index (χ0) is 15.9. The molecule has 6 heteroatoms. The molecule has 0 bridgehead atoms. The topological polar surface area (TPSA) is 60.0 Å². The number of hydrogen-bond donors (Lipinski definition) is 1. The van der Waals surface area contributed by atoms with Gasteiger partial charge in [-0.05, 0) is 34.1 Å². The minimum atomic E-state index is -0.440. The van der Waals surface area contributed by atoms with Crippen molar-refractivity contribution in [2.24, 2.45) is 0 Å². The average molecular weight is 374 g/mol. The van der Waals surface area contributed by atoms with Crippen molar-refractivity contribution in [3.05, 3.63) is 47.0 Å². The van der Waals surface area contributed by atoms with E-state index in [4.69, 9.17) is 14.5 Å². The molecule has 0 aromatic carbocycles. The molecule has 1 atom stereocenters. The van der Waals surface area contributed by atoms with Crippen LogP contribution in [0.2, 0.25) is 0 Å². The average Bonchev–Trinajstić information content (AvgIpc) is 3.22. The number of nitrogens with zero attached hydrogens (tertiary/aromatic N) is 2. The molecule has 4 rings (SSSR count). The fraction of sp³-hybridized carbons (Fsp3) is 0.294. The van der Waals surface area contributed by atoms with Crippen LogP contribution in [0.5, 0.6) is 0 Å². The third kappa shape index (κ3) is 2.47. The summed E-state index contributed by atoms with van der Waals surface area (Å²) in [6.07, 6.45) is 4.60. The molecule has 3 aromatic rings. The zero-order valence-corrected chi connectivity index (χ0v) is 14.3. The number of rotatable bonds is 3. The summed E-state index contributed by atoms with van der Waals surface area (Å²) in [7, 11) is 1.72.